The molecule has 32 heavy (non-hydrogen) atoms. The molecular formula is C23H20ClN5O2S. The summed E-state index contributed by atoms with van der Waals surface area (Å²) in [4.78, 5) is 31.8. The van der Waals surface area contributed by atoms with Crippen LogP contribution in [0.25, 0.3) is 28.1 Å². The third-order valence-corrected chi connectivity index (χ3v) is 5.87. The predicted octanol–water partition coefficient (Wildman–Crippen LogP) is 4.68. The van der Waals surface area contributed by atoms with Gasteiger partial charge in [0.2, 0.25) is 5.91 Å². The zero-order valence-electron chi connectivity index (χ0n) is 17.5. The lowest BCUT2D eigenvalue weighted by Gasteiger charge is -2.13. The average Bonchev–Trinajstić information content (AvgIpc) is 3.10. The third-order valence-electron chi connectivity index (χ3n) is 4.88. The van der Waals surface area contributed by atoms with Gasteiger partial charge in [-0.25, -0.2) is 9.67 Å². The number of nitrogens with zero attached hydrogens (tertiary/aromatic N) is 4. The van der Waals surface area contributed by atoms with E-state index >= 15 is 0 Å². The first-order valence-electron chi connectivity index (χ1n) is 9.73. The number of amides is 1. The normalized spacial score (nSPS) is 11.0. The van der Waals surface area contributed by atoms with Gasteiger partial charge in [0.15, 0.2) is 11.5 Å². The lowest BCUT2D eigenvalue weighted by Crippen LogP contribution is -2.23. The van der Waals surface area contributed by atoms with Crippen LogP contribution in [0, 0.1) is 0 Å². The summed E-state index contributed by atoms with van der Waals surface area (Å²) in [5, 5.41) is 7.81. The Kier molecular flexibility index (Phi) is 6.16. The molecule has 2 heterocycles. The summed E-state index contributed by atoms with van der Waals surface area (Å²) in [7, 11) is 1.69. The quantitative estimate of drug-likeness (QED) is 0.330. The Bertz CT molecular complexity index is 1380. The molecule has 0 saturated heterocycles. The van der Waals surface area contributed by atoms with Crippen molar-refractivity contribution < 1.29 is 4.79 Å². The number of fused-ring (bicyclic) bond motifs is 1. The maximum absolute atomic E-state index is 13.8. The molecule has 0 radical (unpaired) electrons. The topological polar surface area (TPSA) is 81.8 Å². The van der Waals surface area contributed by atoms with E-state index < -0.39 is 0 Å². The van der Waals surface area contributed by atoms with Crippen LogP contribution in [0.4, 0.5) is 5.82 Å². The summed E-state index contributed by atoms with van der Waals surface area (Å²) in [5.41, 5.74) is 1.40. The zero-order chi connectivity index (χ0) is 22.8. The molecule has 4 rings (SSSR count). The molecule has 0 aliphatic carbocycles. The number of hydrogen-bond donors (Lipinski definition) is 1. The first-order valence-corrected chi connectivity index (χ1v) is 11.3. The molecule has 0 atom stereocenters. The number of carbonyl (C=O) groups is 1. The van der Waals surface area contributed by atoms with Crippen LogP contribution in [-0.4, -0.2) is 31.5 Å². The molecule has 0 aliphatic heterocycles. The fourth-order valence-electron chi connectivity index (χ4n) is 3.36. The summed E-state index contributed by atoms with van der Waals surface area (Å²) < 4.78 is 3.00. The number of thioether (sulfide) groups is 1. The number of benzene rings is 2. The monoisotopic (exact) mass is 465 g/mol. The molecular weight excluding hydrogens is 446 g/mol. The average molecular weight is 466 g/mol. The minimum atomic E-state index is -0.344. The Morgan fingerprint density at radius 1 is 1.19 bits per heavy atom. The highest BCUT2D eigenvalue weighted by Gasteiger charge is 2.22. The van der Waals surface area contributed by atoms with Gasteiger partial charge >= 0.3 is 0 Å². The highest BCUT2D eigenvalue weighted by molar-refractivity contribution is 7.98. The third kappa shape index (κ3) is 4.06. The van der Waals surface area contributed by atoms with Gasteiger partial charge in [-0.15, -0.1) is 18.3 Å². The Morgan fingerprint density at radius 2 is 1.88 bits per heavy atom. The number of aryl methyl sites for hydroxylation is 1. The molecule has 2 aromatic heterocycles. The summed E-state index contributed by atoms with van der Waals surface area (Å²) in [6.45, 7) is 3.57. The van der Waals surface area contributed by atoms with E-state index in [0.717, 1.165) is 10.5 Å². The summed E-state index contributed by atoms with van der Waals surface area (Å²) in [6, 6.07) is 14.7. The molecule has 1 N–H and O–H groups in total. The van der Waals surface area contributed by atoms with E-state index in [1.54, 1.807) is 43.1 Å². The van der Waals surface area contributed by atoms with Crippen LogP contribution in [0.15, 0.2) is 70.9 Å². The van der Waals surface area contributed by atoms with Gasteiger partial charge in [-0.05, 0) is 42.7 Å². The summed E-state index contributed by atoms with van der Waals surface area (Å²) in [5.74, 6) is 0.317. The smallest absolute Gasteiger partial charge is 0.271 e. The predicted molar refractivity (Wildman–Crippen MR) is 130 cm³/mol. The Morgan fingerprint density at radius 3 is 2.50 bits per heavy atom. The molecule has 4 aromatic rings. The number of halogens is 1. The Hall–Kier alpha value is -3.36. The fraction of sp³-hybridized carbons (Fsp3) is 0.130. The minimum absolute atomic E-state index is 0.108. The van der Waals surface area contributed by atoms with Crippen LogP contribution < -0.4 is 10.9 Å². The van der Waals surface area contributed by atoms with E-state index in [9.17, 15) is 9.59 Å². The van der Waals surface area contributed by atoms with Crippen LogP contribution in [0.5, 0.6) is 0 Å². The van der Waals surface area contributed by atoms with Gasteiger partial charge in [-0.2, -0.15) is 5.10 Å². The van der Waals surface area contributed by atoms with Gasteiger partial charge in [0.1, 0.15) is 11.2 Å². The molecule has 0 unspecified atom stereocenters. The minimum Gasteiger partial charge on any atom is -0.308 e. The van der Waals surface area contributed by atoms with Crippen molar-refractivity contribution >= 4 is 46.1 Å². The lowest BCUT2D eigenvalue weighted by atomic mass is 10.2. The van der Waals surface area contributed by atoms with Crippen molar-refractivity contribution in [2.45, 2.75) is 11.3 Å². The molecule has 7 nitrogen and oxygen atoms in total. The van der Waals surface area contributed by atoms with Crippen molar-refractivity contribution in [1.29, 1.82) is 0 Å². The van der Waals surface area contributed by atoms with Gasteiger partial charge in [-0.1, -0.05) is 29.8 Å². The van der Waals surface area contributed by atoms with Crippen LogP contribution in [0.1, 0.15) is 6.42 Å². The SMILES string of the molecule is C=CCC(=O)Nc1nn(C)c2nc(-c3ccc(SC)cc3)n(-c3ccc(Cl)cc3)c(=O)c12. The van der Waals surface area contributed by atoms with E-state index in [1.807, 2.05) is 30.5 Å². The molecule has 0 saturated carbocycles. The van der Waals surface area contributed by atoms with Crippen molar-refractivity contribution in [3.63, 3.8) is 0 Å². The molecule has 162 valence electrons. The van der Waals surface area contributed by atoms with Crippen molar-refractivity contribution in [3.05, 3.63) is 76.6 Å². The Balaban J connectivity index is 2.01. The van der Waals surface area contributed by atoms with Gasteiger partial charge in [-0.3, -0.25) is 14.2 Å². The molecule has 0 fully saturated rings. The molecule has 2 aromatic carbocycles. The van der Waals surface area contributed by atoms with Crippen LogP contribution in [-0.2, 0) is 11.8 Å². The second kappa shape index (κ2) is 9.02. The van der Waals surface area contributed by atoms with Gasteiger partial charge in [0, 0.05) is 29.0 Å². The summed E-state index contributed by atoms with van der Waals surface area (Å²) in [6.07, 6.45) is 3.60. The first-order chi connectivity index (χ1) is 15.4. The second-order valence-electron chi connectivity index (χ2n) is 6.99. The Labute approximate surface area is 193 Å². The first kappa shape index (κ1) is 21.9. The van der Waals surface area contributed by atoms with Crippen LogP contribution in [0.2, 0.25) is 5.02 Å². The largest absolute Gasteiger partial charge is 0.308 e. The fourth-order valence-corrected chi connectivity index (χ4v) is 3.90. The molecule has 0 spiro atoms. The second-order valence-corrected chi connectivity index (χ2v) is 8.31. The van der Waals surface area contributed by atoms with E-state index in [4.69, 9.17) is 16.6 Å². The van der Waals surface area contributed by atoms with Crippen molar-refractivity contribution in [1.82, 2.24) is 19.3 Å². The van der Waals surface area contributed by atoms with E-state index in [0.29, 0.717) is 22.2 Å². The van der Waals surface area contributed by atoms with Crippen LogP contribution in [0.3, 0.4) is 0 Å². The molecule has 0 aliphatic rings. The molecule has 9 heteroatoms. The molecule has 1 amide bonds. The van der Waals surface area contributed by atoms with Crippen LogP contribution >= 0.6 is 23.4 Å². The zero-order valence-corrected chi connectivity index (χ0v) is 19.1. The van der Waals surface area contributed by atoms with Gasteiger partial charge in [0.25, 0.3) is 5.56 Å². The molecule has 0 bridgehead atoms. The number of anilines is 1. The number of aromatic nitrogens is 4. The number of rotatable bonds is 6. The highest BCUT2D eigenvalue weighted by atomic mass is 35.5. The maximum Gasteiger partial charge on any atom is 0.271 e. The summed E-state index contributed by atoms with van der Waals surface area (Å²) >= 11 is 7.70. The number of hydrogen-bond acceptors (Lipinski definition) is 5. The lowest BCUT2D eigenvalue weighted by molar-refractivity contribution is -0.115. The number of nitrogens with one attached hydrogen (secondary N) is 1. The van der Waals surface area contributed by atoms with Gasteiger partial charge in [0.05, 0.1) is 5.69 Å². The van der Waals surface area contributed by atoms with E-state index in [1.165, 1.54) is 15.3 Å². The van der Waals surface area contributed by atoms with Crippen molar-refractivity contribution in [3.8, 4) is 17.1 Å². The highest BCUT2D eigenvalue weighted by Crippen LogP contribution is 2.27. The van der Waals surface area contributed by atoms with E-state index in [-0.39, 0.29) is 29.1 Å². The van der Waals surface area contributed by atoms with E-state index in [2.05, 4.69) is 17.0 Å². The van der Waals surface area contributed by atoms with Crippen molar-refractivity contribution in [2.75, 3.05) is 11.6 Å². The standard InChI is InChI=1S/C23H20ClN5O2S/c1-4-5-18(30)25-20-19-22(28(2)27-20)26-21(14-6-12-17(32-3)13-7-14)29(23(19)31)16-10-8-15(24)9-11-16/h4,6-13H,1,5H2,2-3H3,(H,25,27,30). The van der Waals surface area contributed by atoms with Gasteiger partial charge < -0.3 is 5.32 Å². The van der Waals surface area contributed by atoms with Crippen molar-refractivity contribution in [2.24, 2.45) is 7.05 Å². The number of carbonyl (C=O) groups excluding carboxylic acids is 1. The maximum atomic E-state index is 13.8.